The van der Waals surface area contributed by atoms with E-state index in [0.717, 1.165) is 0 Å². The van der Waals surface area contributed by atoms with Gasteiger partial charge in [-0.3, -0.25) is 4.79 Å². The van der Waals surface area contributed by atoms with Gasteiger partial charge in [0.2, 0.25) is 13.6 Å². The molecule has 0 saturated heterocycles. The van der Waals surface area contributed by atoms with E-state index >= 15 is 0 Å². The van der Waals surface area contributed by atoms with E-state index in [1.807, 2.05) is 0 Å². The third kappa shape index (κ3) is 2.69. The van der Waals surface area contributed by atoms with E-state index in [2.05, 4.69) is 10.5 Å². The Morgan fingerprint density at radius 2 is 1.67 bits per heavy atom. The second-order valence-electron chi connectivity index (χ2n) is 4.99. The van der Waals surface area contributed by atoms with Crippen molar-refractivity contribution in [3.63, 3.8) is 0 Å². The highest BCUT2D eigenvalue weighted by Crippen LogP contribution is 2.36. The molecule has 1 N–H and O–H groups in total. The van der Waals surface area contributed by atoms with E-state index in [1.165, 1.54) is 6.21 Å². The number of hydrogen-bond donors (Lipinski definition) is 1. The van der Waals surface area contributed by atoms with E-state index in [9.17, 15) is 4.79 Å². The largest absolute Gasteiger partial charge is 0.454 e. The number of carbonyl (C=O) groups is 1. The third-order valence-electron chi connectivity index (χ3n) is 3.50. The highest BCUT2D eigenvalue weighted by atomic mass is 35.5. The second-order valence-corrected chi connectivity index (χ2v) is 5.40. The SMILES string of the molecule is O=C(N/N=C/c1cc2c(cc1Cl)OCO2)c1ccc2c(c1)OCO2. The van der Waals surface area contributed by atoms with E-state index in [-0.39, 0.29) is 19.5 Å². The molecule has 7 nitrogen and oxygen atoms in total. The number of amides is 1. The number of rotatable bonds is 3. The van der Waals surface area contributed by atoms with Crippen LogP contribution < -0.4 is 24.4 Å². The monoisotopic (exact) mass is 346 g/mol. The Bertz CT molecular complexity index is 853. The van der Waals surface area contributed by atoms with Gasteiger partial charge in [-0.1, -0.05) is 11.6 Å². The number of benzene rings is 2. The van der Waals surface area contributed by atoms with Gasteiger partial charge in [0.1, 0.15) is 0 Å². The van der Waals surface area contributed by atoms with Crippen LogP contribution in [0.4, 0.5) is 0 Å². The minimum Gasteiger partial charge on any atom is -0.454 e. The first kappa shape index (κ1) is 14.6. The Morgan fingerprint density at radius 1 is 1.00 bits per heavy atom. The van der Waals surface area contributed by atoms with Crippen LogP contribution in [0.25, 0.3) is 0 Å². The summed E-state index contributed by atoms with van der Waals surface area (Å²) in [6.45, 7) is 0.314. The van der Waals surface area contributed by atoms with Gasteiger partial charge in [0.25, 0.3) is 5.91 Å². The van der Waals surface area contributed by atoms with Crippen LogP contribution in [-0.4, -0.2) is 25.7 Å². The van der Waals surface area contributed by atoms with Gasteiger partial charge in [-0.15, -0.1) is 0 Å². The minimum atomic E-state index is -0.374. The van der Waals surface area contributed by atoms with Crippen LogP contribution in [-0.2, 0) is 0 Å². The Kier molecular flexibility index (Phi) is 3.62. The molecule has 8 heteroatoms. The molecule has 2 aliphatic heterocycles. The van der Waals surface area contributed by atoms with Crippen LogP contribution in [0, 0.1) is 0 Å². The number of halogens is 1. The van der Waals surface area contributed by atoms with Crippen molar-refractivity contribution >= 4 is 23.7 Å². The van der Waals surface area contributed by atoms with Crippen molar-refractivity contribution in [3.8, 4) is 23.0 Å². The number of hydrogen-bond acceptors (Lipinski definition) is 6. The van der Waals surface area contributed by atoms with Crippen LogP contribution in [0.1, 0.15) is 15.9 Å². The Balaban J connectivity index is 1.46. The fourth-order valence-corrected chi connectivity index (χ4v) is 2.50. The molecular weight excluding hydrogens is 336 g/mol. The van der Waals surface area contributed by atoms with Gasteiger partial charge < -0.3 is 18.9 Å². The number of carbonyl (C=O) groups excluding carboxylic acids is 1. The summed E-state index contributed by atoms with van der Waals surface area (Å²) in [7, 11) is 0. The summed E-state index contributed by atoms with van der Waals surface area (Å²) in [6.07, 6.45) is 1.44. The molecule has 0 fully saturated rings. The highest BCUT2D eigenvalue weighted by molar-refractivity contribution is 6.33. The van der Waals surface area contributed by atoms with Gasteiger partial charge in [0.15, 0.2) is 23.0 Å². The third-order valence-corrected chi connectivity index (χ3v) is 3.82. The lowest BCUT2D eigenvalue weighted by molar-refractivity contribution is 0.0954. The molecule has 1 amide bonds. The topological polar surface area (TPSA) is 78.4 Å². The van der Waals surface area contributed by atoms with Crippen LogP contribution in [0.3, 0.4) is 0 Å². The van der Waals surface area contributed by atoms with Gasteiger partial charge in [0, 0.05) is 17.2 Å². The molecule has 0 atom stereocenters. The number of nitrogens with zero attached hydrogens (tertiary/aromatic N) is 1. The average Bonchev–Trinajstić information content (AvgIpc) is 3.22. The molecular formula is C16H11ClN2O5. The summed E-state index contributed by atoms with van der Waals surface area (Å²) in [5, 5.41) is 4.37. The first-order valence-corrected chi connectivity index (χ1v) is 7.41. The summed E-state index contributed by atoms with van der Waals surface area (Å²) in [4.78, 5) is 12.1. The predicted molar refractivity (Wildman–Crippen MR) is 85.2 cm³/mol. The van der Waals surface area contributed by atoms with Crippen molar-refractivity contribution in [1.29, 1.82) is 0 Å². The number of ether oxygens (including phenoxy) is 4. The molecule has 2 aromatic rings. The molecule has 24 heavy (non-hydrogen) atoms. The maximum Gasteiger partial charge on any atom is 0.271 e. The summed E-state index contributed by atoms with van der Waals surface area (Å²) >= 11 is 6.13. The molecule has 0 aliphatic carbocycles. The number of nitrogens with one attached hydrogen (secondary N) is 1. The quantitative estimate of drug-likeness (QED) is 0.682. The lowest BCUT2D eigenvalue weighted by atomic mass is 10.2. The fraction of sp³-hybridized carbons (Fsp3) is 0.125. The van der Waals surface area contributed by atoms with Crippen molar-refractivity contribution in [2.45, 2.75) is 0 Å². The van der Waals surface area contributed by atoms with Crippen LogP contribution in [0.2, 0.25) is 5.02 Å². The maximum atomic E-state index is 12.1. The highest BCUT2D eigenvalue weighted by Gasteiger charge is 2.17. The smallest absolute Gasteiger partial charge is 0.271 e. The van der Waals surface area contributed by atoms with Gasteiger partial charge in [0.05, 0.1) is 11.2 Å². The van der Waals surface area contributed by atoms with Gasteiger partial charge >= 0.3 is 0 Å². The van der Waals surface area contributed by atoms with Crippen molar-refractivity contribution in [3.05, 3.63) is 46.5 Å². The van der Waals surface area contributed by atoms with Crippen molar-refractivity contribution in [2.24, 2.45) is 5.10 Å². The fourth-order valence-electron chi connectivity index (χ4n) is 2.29. The number of fused-ring (bicyclic) bond motifs is 2. The van der Waals surface area contributed by atoms with Crippen molar-refractivity contribution in [2.75, 3.05) is 13.6 Å². The normalized spacial score (nSPS) is 14.2. The first-order valence-electron chi connectivity index (χ1n) is 7.03. The van der Waals surface area contributed by atoms with Crippen LogP contribution >= 0.6 is 11.6 Å². The molecule has 0 unspecified atom stereocenters. The van der Waals surface area contributed by atoms with Crippen molar-refractivity contribution < 1.29 is 23.7 Å². The lowest BCUT2D eigenvalue weighted by Gasteiger charge is -2.03. The molecule has 0 saturated carbocycles. The first-order chi connectivity index (χ1) is 11.7. The molecule has 0 spiro atoms. The van der Waals surface area contributed by atoms with E-state index in [0.29, 0.717) is 39.1 Å². The average molecular weight is 347 g/mol. The minimum absolute atomic E-state index is 0.154. The molecule has 2 aromatic carbocycles. The number of hydrazone groups is 1. The predicted octanol–water partition coefficient (Wildman–Crippen LogP) is 2.56. The Morgan fingerprint density at radius 3 is 2.46 bits per heavy atom. The summed E-state index contributed by atoms with van der Waals surface area (Å²) in [6, 6.07) is 8.24. The Hall–Kier alpha value is -2.93. The molecule has 0 aromatic heterocycles. The van der Waals surface area contributed by atoms with Gasteiger partial charge in [-0.2, -0.15) is 5.10 Å². The zero-order valence-electron chi connectivity index (χ0n) is 12.2. The molecule has 4 rings (SSSR count). The van der Waals surface area contributed by atoms with Crippen LogP contribution in [0.5, 0.6) is 23.0 Å². The van der Waals surface area contributed by atoms with Crippen molar-refractivity contribution in [1.82, 2.24) is 5.43 Å². The van der Waals surface area contributed by atoms with E-state index < -0.39 is 0 Å². The maximum absolute atomic E-state index is 12.1. The van der Waals surface area contributed by atoms with Gasteiger partial charge in [-0.25, -0.2) is 5.43 Å². The molecule has 0 bridgehead atoms. The van der Waals surface area contributed by atoms with E-state index in [1.54, 1.807) is 30.3 Å². The summed E-state index contributed by atoms with van der Waals surface area (Å²) in [5.74, 6) is 1.94. The van der Waals surface area contributed by atoms with E-state index in [4.69, 9.17) is 30.5 Å². The summed E-state index contributed by atoms with van der Waals surface area (Å²) in [5.41, 5.74) is 3.45. The van der Waals surface area contributed by atoms with Gasteiger partial charge in [-0.05, 0) is 24.3 Å². The second kappa shape index (κ2) is 5.93. The molecule has 122 valence electrons. The zero-order chi connectivity index (χ0) is 16.5. The molecule has 2 aliphatic rings. The standard InChI is InChI=1S/C16H11ClN2O5/c17-11-5-15-14(23-8-24-15)4-10(11)6-18-19-16(20)9-1-2-12-13(3-9)22-7-21-12/h1-6H,7-8H2,(H,19,20)/b18-6+. The van der Waals surface area contributed by atoms with Crippen LogP contribution in [0.15, 0.2) is 35.4 Å². The molecule has 0 radical (unpaired) electrons. The zero-order valence-corrected chi connectivity index (χ0v) is 13.0. The lowest BCUT2D eigenvalue weighted by Crippen LogP contribution is -2.17. The Labute approximate surface area is 141 Å². The summed E-state index contributed by atoms with van der Waals surface area (Å²) < 4.78 is 20.9. The molecule has 2 heterocycles.